The van der Waals surface area contributed by atoms with Crippen molar-refractivity contribution in [3.8, 4) is 5.75 Å². The van der Waals surface area contributed by atoms with Gasteiger partial charge in [0.05, 0.1) is 0 Å². The lowest BCUT2D eigenvalue weighted by atomic mass is 10.2. The van der Waals surface area contributed by atoms with Gasteiger partial charge in [0, 0.05) is 12.6 Å². The second-order valence-corrected chi connectivity index (χ2v) is 4.88. The highest BCUT2D eigenvalue weighted by Gasteiger charge is 2.11. The van der Waals surface area contributed by atoms with Gasteiger partial charge in [0.1, 0.15) is 17.7 Å². The summed E-state index contributed by atoms with van der Waals surface area (Å²) < 4.78 is 41.9. The van der Waals surface area contributed by atoms with Crippen molar-refractivity contribution in [2.45, 2.75) is 19.4 Å². The first-order chi connectivity index (χ1) is 7.90. The number of nitrogens with one attached hydrogen (secondary N) is 1. The van der Waals surface area contributed by atoms with Crippen LogP contribution in [-0.4, -0.2) is 21.1 Å². The summed E-state index contributed by atoms with van der Waals surface area (Å²) in [5.41, 5.74) is 0. The Morgan fingerprint density at radius 3 is 2.76 bits per heavy atom. The van der Waals surface area contributed by atoms with Crippen molar-refractivity contribution < 1.29 is 17.5 Å². The zero-order chi connectivity index (χ0) is 12.9. The normalized spacial score (nSPS) is 13.4. The van der Waals surface area contributed by atoms with Gasteiger partial charge < -0.3 is 4.74 Å². The predicted molar refractivity (Wildman–Crippen MR) is 62.2 cm³/mol. The third-order valence-corrected chi connectivity index (χ3v) is 2.64. The van der Waals surface area contributed by atoms with Crippen molar-refractivity contribution >= 4 is 10.2 Å². The molecule has 1 aromatic carbocycles. The zero-order valence-corrected chi connectivity index (χ0v) is 10.2. The van der Waals surface area contributed by atoms with Gasteiger partial charge in [-0.2, -0.15) is 13.1 Å². The van der Waals surface area contributed by atoms with E-state index in [1.54, 1.807) is 6.07 Å². The smallest absolute Gasteiger partial charge is 0.274 e. The van der Waals surface area contributed by atoms with Crippen LogP contribution in [0.2, 0.25) is 0 Å². The van der Waals surface area contributed by atoms with E-state index in [1.165, 1.54) is 18.2 Å². The average molecular weight is 262 g/mol. The van der Waals surface area contributed by atoms with Crippen molar-refractivity contribution in [1.82, 2.24) is 4.72 Å². The molecular weight excluding hydrogens is 247 g/mol. The summed E-state index contributed by atoms with van der Waals surface area (Å²) in [6.07, 6.45) is 0.175. The number of ether oxygens (including phenoxy) is 1. The molecule has 5 nitrogen and oxygen atoms in total. The van der Waals surface area contributed by atoms with E-state index in [1.807, 2.05) is 6.92 Å². The van der Waals surface area contributed by atoms with Crippen LogP contribution in [-0.2, 0) is 10.2 Å². The van der Waals surface area contributed by atoms with Crippen molar-refractivity contribution in [2.24, 2.45) is 5.14 Å². The highest BCUT2D eigenvalue weighted by Crippen LogP contribution is 2.14. The van der Waals surface area contributed by atoms with Gasteiger partial charge >= 0.3 is 0 Å². The molecule has 0 aromatic heterocycles. The number of hydrogen-bond donors (Lipinski definition) is 2. The summed E-state index contributed by atoms with van der Waals surface area (Å²) in [6.45, 7) is 1.88. The van der Waals surface area contributed by atoms with Gasteiger partial charge in [0.25, 0.3) is 10.2 Å². The Hall–Kier alpha value is -1.18. The van der Waals surface area contributed by atoms with Gasteiger partial charge in [-0.25, -0.2) is 9.53 Å². The van der Waals surface area contributed by atoms with Gasteiger partial charge in [-0.05, 0) is 18.6 Å². The first-order valence-corrected chi connectivity index (χ1v) is 6.65. The van der Waals surface area contributed by atoms with Crippen molar-refractivity contribution in [2.75, 3.05) is 6.54 Å². The van der Waals surface area contributed by atoms with E-state index in [2.05, 4.69) is 4.72 Å². The van der Waals surface area contributed by atoms with Gasteiger partial charge in [-0.1, -0.05) is 13.0 Å². The van der Waals surface area contributed by atoms with E-state index in [9.17, 15) is 12.8 Å². The second kappa shape index (κ2) is 5.95. The Balaban J connectivity index is 2.58. The minimum absolute atomic E-state index is 0.0475. The number of rotatable bonds is 6. The van der Waals surface area contributed by atoms with E-state index >= 15 is 0 Å². The molecule has 0 radical (unpaired) electrons. The molecule has 0 aliphatic carbocycles. The predicted octanol–water partition coefficient (Wildman–Crippen LogP) is 0.776. The fraction of sp³-hybridized carbons (Fsp3) is 0.400. The molecule has 1 atom stereocenters. The van der Waals surface area contributed by atoms with Gasteiger partial charge in [-0.15, -0.1) is 0 Å². The molecule has 0 aliphatic rings. The minimum atomic E-state index is -3.73. The number of benzene rings is 1. The minimum Gasteiger partial charge on any atom is -0.489 e. The van der Waals surface area contributed by atoms with E-state index in [4.69, 9.17) is 9.88 Å². The Labute approximate surface area is 100.0 Å². The molecule has 0 saturated heterocycles. The van der Waals surface area contributed by atoms with Crippen LogP contribution < -0.4 is 14.6 Å². The lowest BCUT2D eigenvalue weighted by molar-refractivity contribution is 0.200. The van der Waals surface area contributed by atoms with Crippen LogP contribution in [0.4, 0.5) is 4.39 Å². The Kier molecular flexibility index (Phi) is 4.86. The van der Waals surface area contributed by atoms with Crippen LogP contribution in [0, 0.1) is 5.82 Å². The summed E-state index contributed by atoms with van der Waals surface area (Å²) in [4.78, 5) is 0. The van der Waals surface area contributed by atoms with Gasteiger partial charge in [0.15, 0.2) is 0 Å². The average Bonchev–Trinajstić information content (AvgIpc) is 2.23. The molecule has 3 N–H and O–H groups in total. The number of hydrogen-bond acceptors (Lipinski definition) is 3. The largest absolute Gasteiger partial charge is 0.489 e. The molecule has 17 heavy (non-hydrogen) atoms. The van der Waals surface area contributed by atoms with Gasteiger partial charge in [-0.3, -0.25) is 0 Å². The number of nitrogens with two attached hydrogens (primary N) is 1. The van der Waals surface area contributed by atoms with Crippen LogP contribution in [0.15, 0.2) is 24.3 Å². The Morgan fingerprint density at radius 2 is 2.24 bits per heavy atom. The van der Waals surface area contributed by atoms with Crippen LogP contribution in [0.1, 0.15) is 13.3 Å². The van der Waals surface area contributed by atoms with E-state index in [-0.39, 0.29) is 6.54 Å². The maximum Gasteiger partial charge on any atom is 0.274 e. The molecular formula is C10H15FN2O3S. The monoisotopic (exact) mass is 262 g/mol. The number of halogens is 1. The molecule has 0 bridgehead atoms. The molecule has 0 amide bonds. The summed E-state index contributed by atoms with van der Waals surface area (Å²) in [6, 6.07) is 5.66. The summed E-state index contributed by atoms with van der Waals surface area (Å²) in [5.74, 6) is -0.0511. The maximum atomic E-state index is 12.9. The summed E-state index contributed by atoms with van der Waals surface area (Å²) >= 11 is 0. The fourth-order valence-corrected chi connectivity index (χ4v) is 1.63. The Bertz CT molecular complexity index is 464. The summed E-state index contributed by atoms with van der Waals surface area (Å²) in [5, 5.41) is 4.80. The first-order valence-electron chi connectivity index (χ1n) is 5.10. The Morgan fingerprint density at radius 1 is 1.53 bits per heavy atom. The van der Waals surface area contributed by atoms with E-state index < -0.39 is 22.1 Å². The van der Waals surface area contributed by atoms with Gasteiger partial charge in [0.2, 0.25) is 0 Å². The molecule has 0 unspecified atom stereocenters. The highest BCUT2D eigenvalue weighted by molar-refractivity contribution is 7.87. The highest BCUT2D eigenvalue weighted by atomic mass is 32.2. The fourth-order valence-electron chi connectivity index (χ4n) is 1.21. The second-order valence-electron chi connectivity index (χ2n) is 3.50. The van der Waals surface area contributed by atoms with E-state index in [0.717, 1.165) is 0 Å². The third kappa shape index (κ3) is 5.62. The summed E-state index contributed by atoms with van der Waals surface area (Å²) in [7, 11) is -3.73. The SMILES string of the molecule is CC[C@@H](CNS(N)(=O)=O)Oc1cccc(F)c1. The lowest BCUT2D eigenvalue weighted by Crippen LogP contribution is -2.38. The molecule has 1 aromatic rings. The molecule has 0 aliphatic heterocycles. The molecule has 1 rings (SSSR count). The first kappa shape index (κ1) is 13.9. The molecule has 0 saturated carbocycles. The molecule has 96 valence electrons. The van der Waals surface area contributed by atoms with Crippen molar-refractivity contribution in [3.63, 3.8) is 0 Å². The zero-order valence-electron chi connectivity index (χ0n) is 9.39. The van der Waals surface area contributed by atoms with Crippen LogP contribution in [0.3, 0.4) is 0 Å². The van der Waals surface area contributed by atoms with Crippen molar-refractivity contribution in [1.29, 1.82) is 0 Å². The van der Waals surface area contributed by atoms with Crippen LogP contribution in [0.25, 0.3) is 0 Å². The quantitative estimate of drug-likeness (QED) is 0.794. The van der Waals surface area contributed by atoms with Crippen LogP contribution >= 0.6 is 0 Å². The maximum absolute atomic E-state index is 12.9. The topological polar surface area (TPSA) is 81.4 Å². The lowest BCUT2D eigenvalue weighted by Gasteiger charge is -2.17. The molecule has 0 fully saturated rings. The standard InChI is InChI=1S/C10H15FN2O3S/c1-2-9(7-13-17(12,14)15)16-10-5-3-4-8(11)6-10/h3-6,9,13H,2,7H2,1H3,(H2,12,14,15)/t9-/m0/s1. The molecule has 7 heteroatoms. The molecule has 0 spiro atoms. The molecule has 0 heterocycles. The van der Waals surface area contributed by atoms with E-state index in [0.29, 0.717) is 12.2 Å². The van der Waals surface area contributed by atoms with Crippen molar-refractivity contribution in [3.05, 3.63) is 30.1 Å². The third-order valence-electron chi connectivity index (χ3n) is 2.07. The van der Waals surface area contributed by atoms with Crippen LogP contribution in [0.5, 0.6) is 5.75 Å².